The van der Waals surface area contributed by atoms with Crippen molar-refractivity contribution in [2.24, 2.45) is 0 Å². The Hall–Kier alpha value is -0.630. The van der Waals surface area contributed by atoms with E-state index in [1.807, 2.05) is 20.8 Å². The highest BCUT2D eigenvalue weighted by Crippen LogP contribution is 2.29. The summed E-state index contributed by atoms with van der Waals surface area (Å²) in [7, 11) is 0. The van der Waals surface area contributed by atoms with Gasteiger partial charge in [0.25, 0.3) is 0 Å². The van der Waals surface area contributed by atoms with E-state index in [0.717, 1.165) is 27.4 Å². The third kappa shape index (κ3) is 1.55. The van der Waals surface area contributed by atoms with Crippen molar-refractivity contribution in [2.45, 2.75) is 27.7 Å². The van der Waals surface area contributed by atoms with Crippen molar-refractivity contribution >= 4 is 22.2 Å². The van der Waals surface area contributed by atoms with Gasteiger partial charge in [0.1, 0.15) is 0 Å². The first-order valence-corrected chi connectivity index (χ1v) is 5.01. The molecular formula is C11H13BrO. The first-order valence-electron chi connectivity index (χ1n) is 4.21. The van der Waals surface area contributed by atoms with Crippen LogP contribution in [-0.4, -0.2) is 6.29 Å². The average Bonchev–Trinajstić information content (AvgIpc) is 2.13. The van der Waals surface area contributed by atoms with Crippen LogP contribution in [0.5, 0.6) is 0 Å². The lowest BCUT2D eigenvalue weighted by Gasteiger charge is -2.13. The van der Waals surface area contributed by atoms with Crippen LogP contribution in [0.2, 0.25) is 0 Å². The number of rotatable bonds is 1. The molecule has 0 saturated carbocycles. The maximum atomic E-state index is 10.8. The number of hydrogen-bond donors (Lipinski definition) is 0. The standard InChI is InChI=1S/C11H13BrO/c1-6-7(2)10(5-13)9(4)11(12)8(6)3/h5H,1-4H3. The Bertz CT molecular complexity index is 338. The number of carbonyl (C=O) groups is 1. The van der Waals surface area contributed by atoms with Gasteiger partial charge in [-0.2, -0.15) is 0 Å². The molecule has 2 heteroatoms. The lowest BCUT2D eigenvalue weighted by atomic mass is 9.95. The molecule has 0 heterocycles. The Morgan fingerprint density at radius 3 is 1.92 bits per heavy atom. The van der Waals surface area contributed by atoms with Gasteiger partial charge in [-0.25, -0.2) is 0 Å². The predicted molar refractivity (Wildman–Crippen MR) is 58.5 cm³/mol. The van der Waals surface area contributed by atoms with Gasteiger partial charge < -0.3 is 0 Å². The van der Waals surface area contributed by atoms with E-state index in [-0.39, 0.29) is 0 Å². The van der Waals surface area contributed by atoms with Crippen LogP contribution in [0.1, 0.15) is 32.6 Å². The Balaban J connectivity index is 3.66. The molecule has 0 bridgehead atoms. The van der Waals surface area contributed by atoms with Crippen LogP contribution < -0.4 is 0 Å². The number of halogens is 1. The summed E-state index contributed by atoms with van der Waals surface area (Å²) in [6, 6.07) is 0. The Labute approximate surface area is 87.3 Å². The van der Waals surface area contributed by atoms with E-state index < -0.39 is 0 Å². The molecule has 1 rings (SSSR count). The molecule has 0 aliphatic rings. The van der Waals surface area contributed by atoms with E-state index in [4.69, 9.17) is 0 Å². The van der Waals surface area contributed by atoms with Gasteiger partial charge in [-0.1, -0.05) is 15.9 Å². The summed E-state index contributed by atoms with van der Waals surface area (Å²) in [5, 5.41) is 0. The molecule has 0 amide bonds. The van der Waals surface area contributed by atoms with Crippen LogP contribution in [-0.2, 0) is 0 Å². The predicted octanol–water partition coefficient (Wildman–Crippen LogP) is 3.50. The highest BCUT2D eigenvalue weighted by Gasteiger charge is 2.11. The monoisotopic (exact) mass is 240 g/mol. The first-order chi connectivity index (χ1) is 6.00. The van der Waals surface area contributed by atoms with E-state index in [9.17, 15) is 4.79 Å². The zero-order valence-electron chi connectivity index (χ0n) is 8.36. The zero-order valence-corrected chi connectivity index (χ0v) is 9.95. The third-order valence-corrected chi connectivity index (χ3v) is 3.90. The molecule has 13 heavy (non-hydrogen) atoms. The van der Waals surface area contributed by atoms with Crippen molar-refractivity contribution < 1.29 is 4.79 Å². The first kappa shape index (κ1) is 10.5. The van der Waals surface area contributed by atoms with Crippen LogP contribution in [0.3, 0.4) is 0 Å². The van der Waals surface area contributed by atoms with Crippen LogP contribution in [0.25, 0.3) is 0 Å². The van der Waals surface area contributed by atoms with Gasteiger partial charge in [-0.3, -0.25) is 4.79 Å². The molecule has 0 spiro atoms. The summed E-state index contributed by atoms with van der Waals surface area (Å²) in [4.78, 5) is 10.8. The van der Waals surface area contributed by atoms with Crippen LogP contribution in [0.4, 0.5) is 0 Å². The van der Waals surface area contributed by atoms with Crippen molar-refractivity contribution in [1.82, 2.24) is 0 Å². The molecular weight excluding hydrogens is 228 g/mol. The quantitative estimate of drug-likeness (QED) is 0.688. The van der Waals surface area contributed by atoms with Gasteiger partial charge in [-0.15, -0.1) is 0 Å². The number of carbonyl (C=O) groups excluding carboxylic acids is 1. The summed E-state index contributed by atoms with van der Waals surface area (Å²) >= 11 is 3.50. The molecule has 0 aromatic heterocycles. The van der Waals surface area contributed by atoms with E-state index >= 15 is 0 Å². The highest BCUT2D eigenvalue weighted by molar-refractivity contribution is 9.10. The molecule has 1 aromatic rings. The number of hydrogen-bond acceptors (Lipinski definition) is 1. The second-order valence-corrected chi connectivity index (χ2v) is 4.14. The summed E-state index contributed by atoms with van der Waals surface area (Å²) in [5.41, 5.74) is 5.36. The lowest BCUT2D eigenvalue weighted by molar-refractivity contribution is 0.112. The van der Waals surface area contributed by atoms with E-state index in [1.165, 1.54) is 11.1 Å². The Kier molecular flexibility index (Phi) is 2.91. The van der Waals surface area contributed by atoms with E-state index in [1.54, 1.807) is 0 Å². The maximum Gasteiger partial charge on any atom is 0.150 e. The second-order valence-electron chi connectivity index (χ2n) is 3.35. The fourth-order valence-electron chi connectivity index (χ4n) is 1.51. The minimum Gasteiger partial charge on any atom is -0.298 e. The summed E-state index contributed by atoms with van der Waals surface area (Å²) < 4.78 is 1.05. The lowest BCUT2D eigenvalue weighted by Crippen LogP contribution is -1.99. The average molecular weight is 241 g/mol. The van der Waals surface area contributed by atoms with Gasteiger partial charge in [0.2, 0.25) is 0 Å². The zero-order chi connectivity index (χ0) is 10.2. The molecule has 0 atom stereocenters. The van der Waals surface area contributed by atoms with Crippen molar-refractivity contribution in [3.05, 3.63) is 32.3 Å². The Morgan fingerprint density at radius 2 is 1.46 bits per heavy atom. The van der Waals surface area contributed by atoms with Crippen LogP contribution in [0.15, 0.2) is 4.47 Å². The SMILES string of the molecule is Cc1c(C)c(Br)c(C)c(C=O)c1C. The summed E-state index contributed by atoms with van der Waals surface area (Å²) in [5.74, 6) is 0. The molecule has 0 radical (unpaired) electrons. The number of benzene rings is 1. The Morgan fingerprint density at radius 1 is 0.923 bits per heavy atom. The van der Waals surface area contributed by atoms with Crippen molar-refractivity contribution in [3.8, 4) is 0 Å². The van der Waals surface area contributed by atoms with Crippen molar-refractivity contribution in [2.75, 3.05) is 0 Å². The normalized spacial score (nSPS) is 10.2. The van der Waals surface area contributed by atoms with Crippen molar-refractivity contribution in [3.63, 3.8) is 0 Å². The topological polar surface area (TPSA) is 17.1 Å². The second kappa shape index (κ2) is 3.62. The van der Waals surface area contributed by atoms with Gasteiger partial charge >= 0.3 is 0 Å². The minimum atomic E-state index is 0.815. The third-order valence-electron chi connectivity index (χ3n) is 2.71. The summed E-state index contributed by atoms with van der Waals surface area (Å²) in [6.07, 6.45) is 0.932. The van der Waals surface area contributed by atoms with Gasteiger partial charge in [0.05, 0.1) is 0 Å². The summed E-state index contributed by atoms with van der Waals surface area (Å²) in [6.45, 7) is 8.06. The molecule has 1 aromatic carbocycles. The molecule has 0 aliphatic carbocycles. The van der Waals surface area contributed by atoms with Crippen LogP contribution >= 0.6 is 15.9 Å². The van der Waals surface area contributed by atoms with Gasteiger partial charge in [-0.05, 0) is 49.9 Å². The molecule has 0 N–H and O–H groups in total. The van der Waals surface area contributed by atoms with E-state index in [0.29, 0.717) is 0 Å². The molecule has 1 nitrogen and oxygen atoms in total. The largest absolute Gasteiger partial charge is 0.298 e. The fraction of sp³-hybridized carbons (Fsp3) is 0.364. The molecule has 0 unspecified atom stereocenters. The van der Waals surface area contributed by atoms with Crippen molar-refractivity contribution in [1.29, 1.82) is 0 Å². The maximum absolute atomic E-state index is 10.8. The highest BCUT2D eigenvalue weighted by atomic mass is 79.9. The smallest absolute Gasteiger partial charge is 0.150 e. The molecule has 0 fully saturated rings. The molecule has 0 aliphatic heterocycles. The molecule has 70 valence electrons. The van der Waals surface area contributed by atoms with Gasteiger partial charge in [0.15, 0.2) is 6.29 Å². The van der Waals surface area contributed by atoms with E-state index in [2.05, 4.69) is 22.9 Å². The molecule has 0 saturated heterocycles. The fourth-order valence-corrected chi connectivity index (χ4v) is 2.02. The van der Waals surface area contributed by atoms with Crippen LogP contribution in [0, 0.1) is 27.7 Å². The minimum absolute atomic E-state index is 0.815. The van der Waals surface area contributed by atoms with Gasteiger partial charge in [0, 0.05) is 10.0 Å². The number of aldehydes is 1.